The molecular weight excluding hydrogens is 248 g/mol. The van der Waals surface area contributed by atoms with Crippen molar-refractivity contribution in [2.75, 3.05) is 13.1 Å². The minimum atomic E-state index is -0.800. The molecule has 108 valence electrons. The van der Waals surface area contributed by atoms with Crippen LogP contribution in [0.3, 0.4) is 0 Å². The van der Waals surface area contributed by atoms with Gasteiger partial charge in [0, 0.05) is 25.0 Å². The molecule has 2 rings (SSSR count). The topological polar surface area (TPSA) is 89.9 Å². The van der Waals surface area contributed by atoms with E-state index < -0.39 is 11.9 Å². The molecule has 6 nitrogen and oxygen atoms in total. The van der Waals surface area contributed by atoms with Gasteiger partial charge in [0.25, 0.3) is 0 Å². The second-order valence-electron chi connectivity index (χ2n) is 5.75. The van der Waals surface area contributed by atoms with Crippen LogP contribution in [0.15, 0.2) is 0 Å². The van der Waals surface area contributed by atoms with Crippen LogP contribution in [0.2, 0.25) is 0 Å². The van der Waals surface area contributed by atoms with Crippen LogP contribution in [-0.4, -0.2) is 52.3 Å². The summed E-state index contributed by atoms with van der Waals surface area (Å²) in [4.78, 5) is 24.4. The first-order valence-corrected chi connectivity index (χ1v) is 6.93. The van der Waals surface area contributed by atoms with Crippen molar-refractivity contribution >= 4 is 12.0 Å². The molecule has 0 bridgehead atoms. The fraction of sp³-hybridized carbons (Fsp3) is 0.846. The molecule has 19 heavy (non-hydrogen) atoms. The van der Waals surface area contributed by atoms with E-state index in [4.69, 9.17) is 5.11 Å². The highest BCUT2D eigenvalue weighted by atomic mass is 16.4. The standard InChI is InChI=1S/C13H22N2O4/c1-8(12(17)18)9-6-15(7-9)13(19)14-10-2-4-11(16)5-3-10/h8-11,16H,2-7H2,1H3,(H,14,19)(H,17,18). The molecule has 1 heterocycles. The Morgan fingerprint density at radius 3 is 2.32 bits per heavy atom. The number of carbonyl (C=O) groups is 2. The number of nitrogens with zero attached hydrogens (tertiary/aromatic N) is 1. The fourth-order valence-electron chi connectivity index (χ4n) is 2.68. The van der Waals surface area contributed by atoms with Gasteiger partial charge < -0.3 is 20.4 Å². The Morgan fingerprint density at radius 1 is 1.21 bits per heavy atom. The maximum atomic E-state index is 11.9. The quantitative estimate of drug-likeness (QED) is 0.702. The average molecular weight is 270 g/mol. The molecule has 0 aromatic heterocycles. The number of aliphatic hydroxyl groups is 1. The van der Waals surface area contributed by atoms with Crippen LogP contribution >= 0.6 is 0 Å². The van der Waals surface area contributed by atoms with Crippen LogP contribution in [0.5, 0.6) is 0 Å². The second kappa shape index (κ2) is 5.77. The van der Waals surface area contributed by atoms with Crippen LogP contribution in [0.4, 0.5) is 4.79 Å². The summed E-state index contributed by atoms with van der Waals surface area (Å²) in [6.07, 6.45) is 2.89. The number of aliphatic hydroxyl groups excluding tert-OH is 1. The highest BCUT2D eigenvalue weighted by Gasteiger charge is 2.37. The lowest BCUT2D eigenvalue weighted by molar-refractivity contribution is -0.144. The Kier molecular flexibility index (Phi) is 4.29. The number of carboxylic acid groups (broad SMARTS) is 1. The smallest absolute Gasteiger partial charge is 0.317 e. The van der Waals surface area contributed by atoms with Gasteiger partial charge in [-0.05, 0) is 25.7 Å². The summed E-state index contributed by atoms with van der Waals surface area (Å²) in [5.41, 5.74) is 0. The first-order chi connectivity index (χ1) is 8.97. The zero-order valence-corrected chi connectivity index (χ0v) is 11.2. The van der Waals surface area contributed by atoms with E-state index in [2.05, 4.69) is 5.32 Å². The summed E-state index contributed by atoms with van der Waals surface area (Å²) in [7, 11) is 0. The number of carboxylic acids is 1. The molecule has 0 aromatic rings. The Morgan fingerprint density at radius 2 is 1.79 bits per heavy atom. The fourth-order valence-corrected chi connectivity index (χ4v) is 2.68. The zero-order valence-electron chi connectivity index (χ0n) is 11.2. The van der Waals surface area contributed by atoms with Gasteiger partial charge in [-0.3, -0.25) is 4.79 Å². The van der Waals surface area contributed by atoms with E-state index in [1.54, 1.807) is 11.8 Å². The third-order valence-corrected chi connectivity index (χ3v) is 4.32. The number of hydrogen-bond donors (Lipinski definition) is 3. The van der Waals surface area contributed by atoms with Gasteiger partial charge in [-0.15, -0.1) is 0 Å². The molecular formula is C13H22N2O4. The summed E-state index contributed by atoms with van der Waals surface area (Å²) < 4.78 is 0. The number of amides is 2. The third kappa shape index (κ3) is 3.37. The first kappa shape index (κ1) is 14.1. The van der Waals surface area contributed by atoms with Crippen molar-refractivity contribution in [2.24, 2.45) is 11.8 Å². The number of urea groups is 1. The lowest BCUT2D eigenvalue weighted by Gasteiger charge is -2.42. The van der Waals surface area contributed by atoms with Gasteiger partial charge >= 0.3 is 12.0 Å². The van der Waals surface area contributed by atoms with Crippen LogP contribution in [0.25, 0.3) is 0 Å². The van der Waals surface area contributed by atoms with E-state index in [0.717, 1.165) is 25.7 Å². The maximum absolute atomic E-state index is 11.9. The van der Waals surface area contributed by atoms with E-state index in [1.807, 2.05) is 0 Å². The van der Waals surface area contributed by atoms with Crippen molar-refractivity contribution in [1.82, 2.24) is 10.2 Å². The van der Waals surface area contributed by atoms with E-state index in [1.165, 1.54) is 0 Å². The monoisotopic (exact) mass is 270 g/mol. The minimum absolute atomic E-state index is 0.0661. The van der Waals surface area contributed by atoms with Gasteiger partial charge in [0.15, 0.2) is 0 Å². The van der Waals surface area contributed by atoms with Crippen molar-refractivity contribution in [3.05, 3.63) is 0 Å². The van der Waals surface area contributed by atoms with Gasteiger partial charge in [0.2, 0.25) is 0 Å². The Hall–Kier alpha value is -1.30. The van der Waals surface area contributed by atoms with Crippen LogP contribution in [0, 0.1) is 11.8 Å². The predicted molar refractivity (Wildman–Crippen MR) is 68.7 cm³/mol. The van der Waals surface area contributed by atoms with Gasteiger partial charge in [0.05, 0.1) is 12.0 Å². The van der Waals surface area contributed by atoms with Crippen LogP contribution in [0.1, 0.15) is 32.6 Å². The molecule has 2 amide bonds. The first-order valence-electron chi connectivity index (χ1n) is 6.93. The number of aliphatic carboxylic acids is 1. The highest BCUT2D eigenvalue weighted by molar-refractivity contribution is 5.76. The number of rotatable bonds is 3. The molecule has 1 unspecified atom stereocenters. The lowest BCUT2D eigenvalue weighted by atomic mass is 9.87. The minimum Gasteiger partial charge on any atom is -0.481 e. The highest BCUT2D eigenvalue weighted by Crippen LogP contribution is 2.25. The van der Waals surface area contributed by atoms with E-state index in [-0.39, 0.29) is 24.1 Å². The predicted octanol–water partition coefficient (Wildman–Crippen LogP) is 0.652. The van der Waals surface area contributed by atoms with Gasteiger partial charge in [-0.25, -0.2) is 4.79 Å². The number of hydrogen-bond acceptors (Lipinski definition) is 3. The molecule has 0 aromatic carbocycles. The normalized spacial score (nSPS) is 29.5. The van der Waals surface area contributed by atoms with Crippen LogP contribution in [-0.2, 0) is 4.79 Å². The molecule has 1 saturated carbocycles. The van der Waals surface area contributed by atoms with Crippen LogP contribution < -0.4 is 5.32 Å². The summed E-state index contributed by atoms with van der Waals surface area (Å²) in [6.45, 7) is 2.73. The molecule has 6 heteroatoms. The van der Waals surface area contributed by atoms with E-state index in [9.17, 15) is 14.7 Å². The van der Waals surface area contributed by atoms with Crippen molar-refractivity contribution in [2.45, 2.75) is 44.8 Å². The second-order valence-corrected chi connectivity index (χ2v) is 5.75. The van der Waals surface area contributed by atoms with Crippen molar-refractivity contribution in [3.8, 4) is 0 Å². The molecule has 3 N–H and O–H groups in total. The van der Waals surface area contributed by atoms with E-state index >= 15 is 0 Å². The Bertz CT molecular complexity index is 347. The van der Waals surface area contributed by atoms with E-state index in [0.29, 0.717) is 13.1 Å². The number of likely N-dealkylation sites (tertiary alicyclic amines) is 1. The molecule has 0 radical (unpaired) electrons. The van der Waals surface area contributed by atoms with Gasteiger partial charge in [-0.1, -0.05) is 6.92 Å². The SMILES string of the molecule is CC(C(=O)O)C1CN(C(=O)NC2CCC(O)CC2)C1. The third-order valence-electron chi connectivity index (χ3n) is 4.32. The molecule has 1 aliphatic heterocycles. The summed E-state index contributed by atoms with van der Waals surface area (Å²) in [5.74, 6) is -1.13. The average Bonchev–Trinajstić information content (AvgIpc) is 2.30. The molecule has 2 aliphatic rings. The molecule has 1 aliphatic carbocycles. The molecule has 1 saturated heterocycles. The summed E-state index contributed by atoms with van der Waals surface area (Å²) >= 11 is 0. The molecule has 2 fully saturated rings. The van der Waals surface area contributed by atoms with Gasteiger partial charge in [-0.2, -0.15) is 0 Å². The van der Waals surface area contributed by atoms with Crippen molar-refractivity contribution in [1.29, 1.82) is 0 Å². The van der Waals surface area contributed by atoms with Crippen molar-refractivity contribution in [3.63, 3.8) is 0 Å². The summed E-state index contributed by atoms with van der Waals surface area (Å²) in [6, 6.07) is 0.0436. The zero-order chi connectivity index (χ0) is 14.0. The van der Waals surface area contributed by atoms with Crippen molar-refractivity contribution < 1.29 is 19.8 Å². The van der Waals surface area contributed by atoms with Gasteiger partial charge in [0.1, 0.15) is 0 Å². The largest absolute Gasteiger partial charge is 0.481 e. The maximum Gasteiger partial charge on any atom is 0.317 e. The molecule has 1 atom stereocenters. The Labute approximate surface area is 112 Å². The Balaban J connectivity index is 1.70. The molecule has 0 spiro atoms. The number of carbonyl (C=O) groups excluding carboxylic acids is 1. The lowest BCUT2D eigenvalue weighted by Crippen LogP contribution is -2.58. The summed E-state index contributed by atoms with van der Waals surface area (Å²) in [5, 5.41) is 21.2. The number of nitrogens with one attached hydrogen (secondary N) is 1.